The summed E-state index contributed by atoms with van der Waals surface area (Å²) < 4.78 is 0. The van der Waals surface area contributed by atoms with Crippen LogP contribution in [-0.2, 0) is 6.42 Å². The van der Waals surface area contributed by atoms with Gasteiger partial charge in [-0.25, -0.2) is 9.97 Å². The van der Waals surface area contributed by atoms with Crippen molar-refractivity contribution >= 4 is 28.9 Å². The molecule has 3 aliphatic heterocycles. The topological polar surface area (TPSA) is 120 Å². The number of carbonyl (C=O) groups is 1. The zero-order valence-corrected chi connectivity index (χ0v) is 23.1. The van der Waals surface area contributed by atoms with Crippen molar-refractivity contribution in [2.75, 3.05) is 74.5 Å². The molecule has 0 aliphatic carbocycles. The summed E-state index contributed by atoms with van der Waals surface area (Å²) in [6.07, 6.45) is 3.98. The minimum Gasteiger partial charge on any atom is -0.371 e. The number of hydrogen-bond acceptors (Lipinski definition) is 9. The first kappa shape index (κ1) is 26.6. The van der Waals surface area contributed by atoms with Crippen molar-refractivity contribution in [2.24, 2.45) is 11.5 Å². The van der Waals surface area contributed by atoms with Gasteiger partial charge in [-0.15, -0.1) is 0 Å². The number of rotatable bonds is 7. The first-order valence-electron chi connectivity index (χ1n) is 14.1. The van der Waals surface area contributed by atoms with Crippen molar-refractivity contribution in [3.8, 4) is 0 Å². The number of piperidine rings is 1. The second-order valence-electron chi connectivity index (χ2n) is 11.1. The van der Waals surface area contributed by atoms with Crippen LogP contribution >= 0.6 is 0 Å². The van der Waals surface area contributed by atoms with Crippen LogP contribution in [0.3, 0.4) is 0 Å². The molecule has 5 N–H and O–H groups in total. The molecule has 3 saturated heterocycles. The highest BCUT2D eigenvalue weighted by molar-refractivity contribution is 5.96. The lowest BCUT2D eigenvalue weighted by molar-refractivity contribution is 0.0982. The number of anilines is 4. The van der Waals surface area contributed by atoms with E-state index >= 15 is 0 Å². The lowest BCUT2D eigenvalue weighted by Gasteiger charge is -2.43. The highest BCUT2D eigenvalue weighted by atomic mass is 16.1. The van der Waals surface area contributed by atoms with Crippen LogP contribution in [0.1, 0.15) is 47.9 Å². The van der Waals surface area contributed by atoms with Crippen LogP contribution in [0, 0.1) is 6.92 Å². The Morgan fingerprint density at radius 3 is 2.34 bits per heavy atom. The minimum atomic E-state index is -0.587. The number of aryl methyl sites for hydroxylation is 2. The minimum absolute atomic E-state index is 0.121. The highest BCUT2D eigenvalue weighted by Gasteiger charge is 2.28. The monoisotopic (exact) mass is 521 g/mol. The van der Waals surface area contributed by atoms with Crippen molar-refractivity contribution in [3.63, 3.8) is 0 Å². The number of primary amides is 1. The molecule has 4 heterocycles. The maximum absolute atomic E-state index is 12.3. The van der Waals surface area contributed by atoms with Gasteiger partial charge in [0.05, 0.1) is 5.69 Å². The summed E-state index contributed by atoms with van der Waals surface area (Å²) in [6.45, 7) is 12.6. The maximum atomic E-state index is 12.3. The van der Waals surface area contributed by atoms with Gasteiger partial charge in [0.2, 0.25) is 0 Å². The van der Waals surface area contributed by atoms with Crippen LogP contribution in [0.2, 0.25) is 0 Å². The van der Waals surface area contributed by atoms with E-state index in [0.29, 0.717) is 18.3 Å². The number of benzene rings is 1. The summed E-state index contributed by atoms with van der Waals surface area (Å²) in [5, 5.41) is 3.34. The molecule has 1 amide bonds. The first-order valence-corrected chi connectivity index (χ1v) is 14.1. The third-order valence-corrected chi connectivity index (χ3v) is 8.36. The molecule has 10 nitrogen and oxygen atoms in total. The maximum Gasteiger partial charge on any atom is 0.271 e. The molecule has 0 unspecified atom stereocenters. The molecule has 5 rings (SSSR count). The van der Waals surface area contributed by atoms with E-state index in [4.69, 9.17) is 16.5 Å². The summed E-state index contributed by atoms with van der Waals surface area (Å²) in [4.78, 5) is 31.5. The van der Waals surface area contributed by atoms with E-state index < -0.39 is 5.91 Å². The Balaban J connectivity index is 1.30. The van der Waals surface area contributed by atoms with Crippen molar-refractivity contribution in [1.82, 2.24) is 19.8 Å². The van der Waals surface area contributed by atoms with E-state index in [9.17, 15) is 4.79 Å². The number of hydrogen-bond donors (Lipinski definition) is 3. The molecular weight excluding hydrogens is 478 g/mol. The van der Waals surface area contributed by atoms with Crippen LogP contribution in [0.4, 0.5) is 23.0 Å². The van der Waals surface area contributed by atoms with Gasteiger partial charge in [-0.05, 0) is 63.4 Å². The zero-order valence-electron chi connectivity index (χ0n) is 23.1. The van der Waals surface area contributed by atoms with E-state index in [1.807, 2.05) is 6.92 Å². The van der Waals surface area contributed by atoms with Gasteiger partial charge in [-0.1, -0.05) is 6.92 Å². The Morgan fingerprint density at radius 2 is 1.74 bits per heavy atom. The molecular formula is C28H43N9O. The van der Waals surface area contributed by atoms with Gasteiger partial charge < -0.3 is 31.5 Å². The Kier molecular flexibility index (Phi) is 8.01. The van der Waals surface area contributed by atoms with Gasteiger partial charge in [0, 0.05) is 75.8 Å². The summed E-state index contributed by atoms with van der Waals surface area (Å²) in [7, 11) is 2.21. The molecule has 0 radical (unpaired) electrons. The number of carbonyl (C=O) groups excluding carboxylic acids is 1. The molecule has 206 valence electrons. The van der Waals surface area contributed by atoms with Crippen LogP contribution in [0.25, 0.3) is 0 Å². The highest BCUT2D eigenvalue weighted by Crippen LogP contribution is 2.31. The van der Waals surface area contributed by atoms with Gasteiger partial charge in [-0.3, -0.25) is 9.69 Å². The fourth-order valence-corrected chi connectivity index (χ4v) is 6.07. The van der Waals surface area contributed by atoms with E-state index in [0.717, 1.165) is 49.8 Å². The third kappa shape index (κ3) is 5.72. The molecule has 0 bridgehead atoms. The summed E-state index contributed by atoms with van der Waals surface area (Å²) in [6, 6.07) is 7.16. The molecule has 0 saturated carbocycles. The molecule has 38 heavy (non-hydrogen) atoms. The number of nitrogens with zero attached hydrogens (tertiary/aromatic N) is 6. The van der Waals surface area contributed by atoms with E-state index in [1.54, 1.807) is 0 Å². The standard InChI is InChI=1S/C28H43N9O/c1-4-23-28(37-10-7-20(29)18-37)33-27(25(32-23)26(30)38)31-21-5-6-24(19(2)17-21)36-11-8-22(9-12-36)35-15-13-34(3)14-16-35/h5-6,17,20,22H,4,7-16,18,29H2,1-3H3,(H2,30,38)(H,31,33)/t20-/m1/s1. The average Bonchev–Trinajstić information content (AvgIpc) is 3.35. The van der Waals surface area contributed by atoms with Crippen molar-refractivity contribution in [1.29, 1.82) is 0 Å². The Hall–Kier alpha value is -2.95. The summed E-state index contributed by atoms with van der Waals surface area (Å²) in [5.41, 5.74) is 16.1. The predicted molar refractivity (Wildman–Crippen MR) is 153 cm³/mol. The predicted octanol–water partition coefficient (Wildman–Crippen LogP) is 1.94. The lowest BCUT2D eigenvalue weighted by Crippen LogP contribution is -2.52. The van der Waals surface area contributed by atoms with Gasteiger partial charge in [-0.2, -0.15) is 0 Å². The number of piperazine rings is 1. The van der Waals surface area contributed by atoms with Crippen LogP contribution in [0.15, 0.2) is 18.2 Å². The van der Waals surface area contributed by atoms with Gasteiger partial charge in [0.15, 0.2) is 17.3 Å². The molecule has 3 fully saturated rings. The number of likely N-dealkylation sites (N-methyl/N-ethyl adjacent to an activating group) is 1. The number of aromatic nitrogens is 2. The normalized spacial score (nSPS) is 21.7. The third-order valence-electron chi connectivity index (χ3n) is 8.36. The number of nitrogens with two attached hydrogens (primary N) is 2. The SMILES string of the molecule is CCc1nc(C(N)=O)c(Nc2ccc(N3CCC(N4CCN(C)CC4)CC3)c(C)c2)nc1N1CC[C@@H](N)C1. The molecule has 2 aromatic rings. The van der Waals surface area contributed by atoms with E-state index in [2.05, 4.69) is 62.1 Å². The Labute approximate surface area is 226 Å². The summed E-state index contributed by atoms with van der Waals surface area (Å²) in [5.74, 6) is 0.589. The Morgan fingerprint density at radius 1 is 1.03 bits per heavy atom. The van der Waals surface area contributed by atoms with Crippen LogP contribution < -0.4 is 26.6 Å². The molecule has 1 atom stereocenters. The lowest BCUT2D eigenvalue weighted by atomic mass is 10.0. The number of amides is 1. The molecule has 1 aromatic heterocycles. The largest absolute Gasteiger partial charge is 0.371 e. The summed E-state index contributed by atoms with van der Waals surface area (Å²) >= 11 is 0. The van der Waals surface area contributed by atoms with Gasteiger partial charge in [0.25, 0.3) is 5.91 Å². The van der Waals surface area contributed by atoms with Gasteiger partial charge in [0.1, 0.15) is 0 Å². The van der Waals surface area contributed by atoms with Crippen molar-refractivity contribution in [2.45, 2.75) is 51.6 Å². The van der Waals surface area contributed by atoms with Crippen molar-refractivity contribution in [3.05, 3.63) is 35.2 Å². The molecule has 3 aliphatic rings. The second kappa shape index (κ2) is 11.4. The number of nitrogens with one attached hydrogen (secondary N) is 1. The van der Waals surface area contributed by atoms with Crippen molar-refractivity contribution < 1.29 is 4.79 Å². The zero-order chi connectivity index (χ0) is 26.8. The van der Waals surface area contributed by atoms with Crippen LogP contribution in [-0.4, -0.2) is 97.2 Å². The fourth-order valence-electron chi connectivity index (χ4n) is 6.07. The molecule has 10 heteroatoms. The fraction of sp³-hybridized carbons (Fsp3) is 0.607. The average molecular weight is 522 g/mol. The quantitative estimate of drug-likeness (QED) is 0.502. The van der Waals surface area contributed by atoms with Crippen LogP contribution in [0.5, 0.6) is 0 Å². The van der Waals surface area contributed by atoms with E-state index in [1.165, 1.54) is 50.3 Å². The molecule has 1 aromatic carbocycles. The van der Waals surface area contributed by atoms with E-state index in [-0.39, 0.29) is 11.7 Å². The van der Waals surface area contributed by atoms with Gasteiger partial charge >= 0.3 is 0 Å². The second-order valence-corrected chi connectivity index (χ2v) is 11.1. The Bertz CT molecular complexity index is 1140. The first-order chi connectivity index (χ1) is 18.3. The smallest absolute Gasteiger partial charge is 0.271 e. The molecule has 0 spiro atoms.